The summed E-state index contributed by atoms with van der Waals surface area (Å²) in [4.78, 5) is 5.82. The lowest BCUT2D eigenvalue weighted by Crippen LogP contribution is -2.68. The highest BCUT2D eigenvalue weighted by molar-refractivity contribution is 7.69. The van der Waals surface area contributed by atoms with Crippen LogP contribution in [0, 0.1) is 10.2 Å². The second-order valence-corrected chi connectivity index (χ2v) is 6.62. The first-order valence-corrected chi connectivity index (χ1v) is 9.45. The van der Waals surface area contributed by atoms with E-state index in [-0.39, 0.29) is 0 Å². The predicted molar refractivity (Wildman–Crippen MR) is 71.8 cm³/mol. The molecule has 9 heteroatoms. The summed E-state index contributed by atoms with van der Waals surface area (Å²) in [5.74, 6) is 0. The van der Waals surface area contributed by atoms with Gasteiger partial charge >= 0.3 is 4.80 Å². The highest BCUT2D eigenvalue weighted by atomic mass is 35.7. The molecule has 0 bridgehead atoms. The summed E-state index contributed by atoms with van der Waals surface area (Å²) in [6, 6.07) is 10.4. The topological polar surface area (TPSA) is 108 Å². The quantitative estimate of drug-likeness (QED) is 0.466. The predicted octanol–water partition coefficient (Wildman–Crippen LogP) is -2.07. The van der Waals surface area contributed by atoms with Gasteiger partial charge in [0.2, 0.25) is 5.01 Å². The molecule has 0 saturated heterocycles. The molecule has 0 spiro atoms. The molecule has 0 saturated carbocycles. The highest BCUT2D eigenvalue weighted by Crippen LogP contribution is 2.21. The van der Waals surface area contributed by atoms with Crippen LogP contribution in [0.1, 0.15) is 13.8 Å². The molecule has 0 aliphatic rings. The van der Waals surface area contributed by atoms with Gasteiger partial charge in [0.05, 0.1) is 13.1 Å². The van der Waals surface area contributed by atoms with Crippen molar-refractivity contribution in [2.45, 2.75) is 13.8 Å². The van der Waals surface area contributed by atoms with Crippen molar-refractivity contribution in [3.8, 4) is 10.6 Å². The Hall–Kier alpha value is -0.870. The van der Waals surface area contributed by atoms with Crippen LogP contribution in [0.25, 0.3) is 10.6 Å². The molecular weight excluding hydrogens is 336 g/mol. The molecule has 0 atom stereocenters. The number of aromatic nitrogens is 1. The Morgan fingerprint density at radius 1 is 1.00 bits per heavy atom. The molecule has 2 rings (SSSR count). The number of hydrogen-bond donors (Lipinski definition) is 0. The largest absolute Gasteiger partial charge is 0.388 e. The van der Waals surface area contributed by atoms with Gasteiger partial charge in [-0.05, 0) is 41.3 Å². The Kier molecular flexibility index (Phi) is 7.40. The van der Waals surface area contributed by atoms with Gasteiger partial charge in [-0.15, -0.1) is 10.2 Å². The molecule has 0 fully saturated rings. The molecule has 21 heavy (non-hydrogen) atoms. The van der Waals surface area contributed by atoms with Crippen LogP contribution in [0.2, 0.25) is 0 Å². The normalized spacial score (nSPS) is 10.8. The van der Waals surface area contributed by atoms with Crippen molar-refractivity contribution >= 4 is 20.7 Å². The molecule has 116 valence electrons. The molecule has 0 aliphatic heterocycles. The molecule has 6 nitrogen and oxygen atoms in total. The Labute approximate surface area is 132 Å². The van der Waals surface area contributed by atoms with E-state index in [9.17, 15) is 0 Å². The Morgan fingerprint density at radius 3 is 2.00 bits per heavy atom. The Morgan fingerprint density at radius 2 is 1.52 bits per heavy atom. The molecule has 1 aromatic heterocycles. The van der Waals surface area contributed by atoms with Crippen LogP contribution >= 0.6 is 20.7 Å². The standard InChI is InChI=1S/C12H15N2S2.ClHO4/c1-3-14(4-2)12-13-11(15-16-12)10-8-6-5-7-9-10;2-1(3,4)5/h5-9H,3-4H2,1-2H3;(H,2,3,4,5)/q+1;/p-1. The van der Waals surface area contributed by atoms with Crippen molar-refractivity contribution in [2.75, 3.05) is 13.1 Å². The second kappa shape index (κ2) is 8.54. The number of hydrogen-bond acceptors (Lipinski definition) is 7. The fourth-order valence-electron chi connectivity index (χ4n) is 1.51. The lowest BCUT2D eigenvalue weighted by molar-refractivity contribution is -2.00. The SMILES string of the molecule is CC[N+](CC)=c1nc(-c2ccccc2)ss1.[O-][Cl+3]([O-])([O-])[O-]. The van der Waals surface area contributed by atoms with Crippen molar-refractivity contribution < 1.29 is 28.9 Å². The number of nitrogens with zero attached hydrogens (tertiary/aromatic N) is 2. The average Bonchev–Trinajstić information content (AvgIpc) is 2.89. The minimum atomic E-state index is -4.94. The molecule has 0 radical (unpaired) electrons. The summed E-state index contributed by atoms with van der Waals surface area (Å²) >= 11 is 0. The van der Waals surface area contributed by atoms with E-state index in [0.29, 0.717) is 0 Å². The fourth-order valence-corrected chi connectivity index (χ4v) is 3.86. The maximum absolute atomic E-state index is 8.49. The van der Waals surface area contributed by atoms with Crippen LogP contribution in [0.15, 0.2) is 30.3 Å². The van der Waals surface area contributed by atoms with Gasteiger partial charge in [-0.3, -0.25) is 0 Å². The van der Waals surface area contributed by atoms with E-state index in [4.69, 9.17) is 18.6 Å². The van der Waals surface area contributed by atoms with E-state index in [2.05, 4.69) is 47.7 Å². The summed E-state index contributed by atoms with van der Waals surface area (Å²) < 4.78 is 36.3. The van der Waals surface area contributed by atoms with Crippen molar-refractivity contribution in [1.82, 2.24) is 9.56 Å². The Bertz CT molecular complexity index is 595. The molecular formula is C12H15ClN2O4S2. The lowest BCUT2D eigenvalue weighted by atomic mass is 10.2. The Balaban J connectivity index is 0.000000383. The van der Waals surface area contributed by atoms with Crippen LogP contribution in [-0.2, 0) is 0 Å². The van der Waals surface area contributed by atoms with Gasteiger partial charge in [-0.1, -0.05) is 18.2 Å². The van der Waals surface area contributed by atoms with E-state index in [1.54, 1.807) is 20.7 Å². The first kappa shape index (κ1) is 18.2. The summed E-state index contributed by atoms with van der Waals surface area (Å²) in [5.41, 5.74) is 1.21. The molecule has 1 heterocycles. The molecule has 0 aliphatic carbocycles. The summed E-state index contributed by atoms with van der Waals surface area (Å²) in [5, 5.41) is 1.12. The molecule has 2 aromatic rings. The molecule has 0 N–H and O–H groups in total. The van der Waals surface area contributed by atoms with E-state index in [1.165, 1.54) is 5.56 Å². The molecule has 1 aromatic carbocycles. The van der Waals surface area contributed by atoms with Crippen LogP contribution in [0.5, 0.6) is 0 Å². The van der Waals surface area contributed by atoms with Crippen molar-refractivity contribution in [3.63, 3.8) is 0 Å². The van der Waals surface area contributed by atoms with Crippen molar-refractivity contribution in [2.24, 2.45) is 0 Å². The van der Waals surface area contributed by atoms with Crippen LogP contribution in [0.3, 0.4) is 0 Å². The maximum atomic E-state index is 8.49. The van der Waals surface area contributed by atoms with Gasteiger partial charge in [0.25, 0.3) is 0 Å². The van der Waals surface area contributed by atoms with Gasteiger partial charge in [-0.25, -0.2) is 23.2 Å². The number of halogens is 1. The third-order valence-electron chi connectivity index (χ3n) is 2.45. The zero-order valence-corrected chi connectivity index (χ0v) is 13.9. The minimum absolute atomic E-state index is 1.02. The second-order valence-electron chi connectivity index (χ2n) is 3.78. The first-order chi connectivity index (χ1) is 9.85. The summed E-state index contributed by atoms with van der Waals surface area (Å²) in [6.45, 7) is 6.37. The zero-order valence-electron chi connectivity index (χ0n) is 11.5. The maximum Gasteiger partial charge on any atom is 0.388 e. The van der Waals surface area contributed by atoms with Gasteiger partial charge in [0.15, 0.2) is 0 Å². The lowest BCUT2D eigenvalue weighted by Gasteiger charge is -2.17. The average molecular weight is 351 g/mol. The third kappa shape index (κ3) is 7.09. The molecule has 0 unspecified atom stereocenters. The summed E-state index contributed by atoms with van der Waals surface area (Å²) in [7, 11) is -1.44. The van der Waals surface area contributed by atoms with E-state index >= 15 is 0 Å². The van der Waals surface area contributed by atoms with Crippen LogP contribution in [0.4, 0.5) is 0 Å². The monoisotopic (exact) mass is 350 g/mol. The van der Waals surface area contributed by atoms with E-state index in [1.807, 2.05) is 6.07 Å². The van der Waals surface area contributed by atoms with Gasteiger partial charge in [0.1, 0.15) is 0 Å². The molecule has 0 amide bonds. The first-order valence-electron chi connectivity index (χ1n) is 6.07. The highest BCUT2D eigenvalue weighted by Gasteiger charge is 2.11. The van der Waals surface area contributed by atoms with Gasteiger partial charge in [-0.2, -0.15) is 0 Å². The summed E-state index contributed by atoms with van der Waals surface area (Å²) in [6.07, 6.45) is 0. The van der Waals surface area contributed by atoms with E-state index in [0.717, 1.165) is 22.9 Å². The van der Waals surface area contributed by atoms with Crippen LogP contribution < -0.4 is 28.0 Å². The number of benzene rings is 1. The van der Waals surface area contributed by atoms with Gasteiger partial charge < -0.3 is 0 Å². The fraction of sp³-hybridized carbons (Fsp3) is 0.333. The van der Waals surface area contributed by atoms with Crippen LogP contribution in [-0.4, -0.2) is 18.1 Å². The third-order valence-corrected chi connectivity index (χ3v) is 4.68. The van der Waals surface area contributed by atoms with E-state index < -0.39 is 10.2 Å². The zero-order chi connectivity index (χ0) is 15.9. The van der Waals surface area contributed by atoms with Gasteiger partial charge in [0, 0.05) is 15.9 Å². The van der Waals surface area contributed by atoms with Crippen molar-refractivity contribution in [1.29, 1.82) is 0 Å². The minimum Gasteiger partial charge on any atom is -0.249 e. The smallest absolute Gasteiger partial charge is 0.249 e. The number of rotatable bonds is 3. The van der Waals surface area contributed by atoms with Crippen molar-refractivity contribution in [3.05, 3.63) is 35.1 Å².